The molecule has 0 amide bonds. The van der Waals surface area contributed by atoms with Gasteiger partial charge in [0.1, 0.15) is 6.61 Å². The van der Waals surface area contributed by atoms with Crippen molar-refractivity contribution in [2.45, 2.75) is 45.6 Å². The van der Waals surface area contributed by atoms with Gasteiger partial charge in [0.25, 0.3) is 0 Å². The first-order valence-electron chi connectivity index (χ1n) is 11.9. The highest BCUT2D eigenvalue weighted by Gasteiger charge is 2.27. The maximum absolute atomic E-state index is 12.4. The van der Waals surface area contributed by atoms with Crippen LogP contribution in [0.1, 0.15) is 32.3 Å². The molecule has 4 N–H and O–H groups in total. The molecule has 32 heavy (non-hydrogen) atoms. The molecular weight excluding hydrogens is 408 g/mol. The molecule has 0 bridgehead atoms. The van der Waals surface area contributed by atoms with Crippen LogP contribution in [-0.4, -0.2) is 87.3 Å². The highest BCUT2D eigenvalue weighted by atomic mass is 16.6. The van der Waals surface area contributed by atoms with Crippen LogP contribution in [0.15, 0.2) is 30.3 Å². The van der Waals surface area contributed by atoms with Crippen LogP contribution in [0.25, 0.3) is 0 Å². The third kappa shape index (κ3) is 11.4. The number of hydrogen-bond acceptors (Lipinski definition) is 8. The lowest BCUT2D eigenvalue weighted by molar-refractivity contribution is -0.157. The average Bonchev–Trinajstić information content (AvgIpc) is 2.78. The number of rotatable bonds is 10. The predicted octanol–water partition coefficient (Wildman–Crippen LogP) is 0.954. The molecular formula is C24H42N4O4. The van der Waals surface area contributed by atoms with Gasteiger partial charge < -0.3 is 30.5 Å². The zero-order chi connectivity index (χ0) is 23.0. The molecule has 2 unspecified atom stereocenters. The summed E-state index contributed by atoms with van der Waals surface area (Å²) in [7, 11) is 0. The van der Waals surface area contributed by atoms with Gasteiger partial charge in [-0.3, -0.25) is 9.69 Å². The third-order valence-electron chi connectivity index (χ3n) is 5.39. The van der Waals surface area contributed by atoms with Crippen molar-refractivity contribution < 1.29 is 19.4 Å². The van der Waals surface area contributed by atoms with Crippen molar-refractivity contribution in [2.75, 3.05) is 59.0 Å². The van der Waals surface area contributed by atoms with E-state index >= 15 is 0 Å². The van der Waals surface area contributed by atoms with Crippen molar-refractivity contribution in [3.05, 3.63) is 35.9 Å². The van der Waals surface area contributed by atoms with Gasteiger partial charge in [0.15, 0.2) is 6.29 Å². The van der Waals surface area contributed by atoms with E-state index in [-0.39, 0.29) is 25.0 Å². The molecule has 0 spiro atoms. The molecule has 1 aromatic rings. The molecule has 1 aliphatic heterocycles. The molecule has 1 aromatic carbocycles. The van der Waals surface area contributed by atoms with Crippen molar-refractivity contribution in [3.63, 3.8) is 0 Å². The van der Waals surface area contributed by atoms with Crippen LogP contribution in [-0.2, 0) is 20.9 Å². The van der Waals surface area contributed by atoms with E-state index in [1.54, 1.807) is 0 Å². The van der Waals surface area contributed by atoms with Gasteiger partial charge in [-0.25, -0.2) is 0 Å². The number of ether oxygens (including phenoxy) is 2. The zero-order valence-corrected chi connectivity index (χ0v) is 19.7. The summed E-state index contributed by atoms with van der Waals surface area (Å²) in [6, 6.07) is 9.39. The quantitative estimate of drug-likeness (QED) is 0.309. The van der Waals surface area contributed by atoms with Crippen molar-refractivity contribution >= 4 is 5.97 Å². The molecule has 0 saturated carbocycles. The van der Waals surface area contributed by atoms with E-state index in [4.69, 9.17) is 9.47 Å². The molecule has 2 atom stereocenters. The molecule has 0 aromatic heterocycles. The maximum atomic E-state index is 12.4. The van der Waals surface area contributed by atoms with Crippen LogP contribution >= 0.6 is 0 Å². The summed E-state index contributed by atoms with van der Waals surface area (Å²) in [6.07, 6.45) is -0.233. The molecule has 1 heterocycles. The second-order valence-corrected chi connectivity index (χ2v) is 8.66. The summed E-state index contributed by atoms with van der Waals surface area (Å²) in [5.41, 5.74) is 0.965. The number of aliphatic hydroxyl groups is 1. The topological polar surface area (TPSA) is 95.1 Å². The SMILES string of the molecule is CC(C)COC(O)C(CCC(=O)OCc1ccccc1)N1CCNCCNCCNCC1. The van der Waals surface area contributed by atoms with Gasteiger partial charge in [0.05, 0.1) is 12.6 Å². The van der Waals surface area contributed by atoms with E-state index in [2.05, 4.69) is 34.7 Å². The number of nitrogens with zero attached hydrogens (tertiary/aromatic N) is 1. The highest BCUT2D eigenvalue weighted by Crippen LogP contribution is 2.15. The largest absolute Gasteiger partial charge is 0.461 e. The van der Waals surface area contributed by atoms with Gasteiger partial charge in [-0.05, 0) is 17.9 Å². The Bertz CT molecular complexity index is 605. The van der Waals surface area contributed by atoms with Crippen molar-refractivity contribution in [2.24, 2.45) is 5.92 Å². The molecule has 8 nitrogen and oxygen atoms in total. The van der Waals surface area contributed by atoms with E-state index < -0.39 is 6.29 Å². The van der Waals surface area contributed by atoms with E-state index in [0.29, 0.717) is 18.9 Å². The maximum Gasteiger partial charge on any atom is 0.306 e. The molecule has 1 fully saturated rings. The normalized spacial score (nSPS) is 19.0. The summed E-state index contributed by atoms with van der Waals surface area (Å²) in [6.45, 7) is 11.7. The second kappa shape index (κ2) is 16.1. The summed E-state index contributed by atoms with van der Waals surface area (Å²) in [5.74, 6) is 0.0647. The van der Waals surface area contributed by atoms with Crippen LogP contribution < -0.4 is 16.0 Å². The Hall–Kier alpha value is -1.55. The van der Waals surface area contributed by atoms with E-state index in [9.17, 15) is 9.90 Å². The van der Waals surface area contributed by atoms with Gasteiger partial charge >= 0.3 is 5.97 Å². The summed E-state index contributed by atoms with van der Waals surface area (Å²) in [5, 5.41) is 21.1. The molecule has 1 aliphatic rings. The van der Waals surface area contributed by atoms with Crippen molar-refractivity contribution in [1.82, 2.24) is 20.9 Å². The van der Waals surface area contributed by atoms with Gasteiger partial charge in [-0.15, -0.1) is 0 Å². The first kappa shape index (κ1) is 26.7. The van der Waals surface area contributed by atoms with E-state index in [0.717, 1.165) is 57.9 Å². The lowest BCUT2D eigenvalue weighted by Crippen LogP contribution is -2.51. The first-order valence-corrected chi connectivity index (χ1v) is 11.9. The number of nitrogens with one attached hydrogen (secondary N) is 3. The molecule has 2 rings (SSSR count). The molecule has 182 valence electrons. The molecule has 0 radical (unpaired) electrons. The van der Waals surface area contributed by atoms with E-state index in [1.165, 1.54) is 0 Å². The van der Waals surface area contributed by atoms with Crippen LogP contribution in [0.5, 0.6) is 0 Å². The van der Waals surface area contributed by atoms with Crippen LogP contribution in [0.4, 0.5) is 0 Å². The van der Waals surface area contributed by atoms with Crippen molar-refractivity contribution in [1.29, 1.82) is 0 Å². The second-order valence-electron chi connectivity index (χ2n) is 8.66. The Morgan fingerprint density at radius 1 is 1.00 bits per heavy atom. The van der Waals surface area contributed by atoms with Crippen LogP contribution in [0, 0.1) is 5.92 Å². The molecule has 1 saturated heterocycles. The number of hydrogen-bond donors (Lipinski definition) is 4. The Balaban J connectivity index is 1.94. The van der Waals surface area contributed by atoms with Gasteiger partial charge in [-0.2, -0.15) is 0 Å². The van der Waals surface area contributed by atoms with Crippen LogP contribution in [0.2, 0.25) is 0 Å². The fraction of sp³-hybridized carbons (Fsp3) is 0.708. The van der Waals surface area contributed by atoms with Gasteiger partial charge in [0, 0.05) is 58.8 Å². The zero-order valence-electron chi connectivity index (χ0n) is 19.7. The minimum Gasteiger partial charge on any atom is -0.461 e. The molecule has 8 heteroatoms. The monoisotopic (exact) mass is 450 g/mol. The predicted molar refractivity (Wildman–Crippen MR) is 126 cm³/mol. The number of carbonyl (C=O) groups excluding carboxylic acids is 1. The number of esters is 1. The standard InChI is InChI=1S/C24H42N4O4/c1-20(2)18-32-24(30)22(8-9-23(29)31-19-21-6-4-3-5-7-21)28-16-14-26-12-10-25-11-13-27-15-17-28/h3-7,20,22,24-27,30H,8-19H2,1-2H3. The smallest absolute Gasteiger partial charge is 0.306 e. The van der Waals surface area contributed by atoms with Gasteiger partial charge in [0.2, 0.25) is 0 Å². The summed E-state index contributed by atoms with van der Waals surface area (Å²) >= 11 is 0. The third-order valence-corrected chi connectivity index (χ3v) is 5.39. The lowest BCUT2D eigenvalue weighted by atomic mass is 10.1. The number of aliphatic hydroxyl groups excluding tert-OH is 1. The lowest BCUT2D eigenvalue weighted by Gasteiger charge is -2.35. The van der Waals surface area contributed by atoms with Crippen molar-refractivity contribution in [3.8, 4) is 0 Å². The van der Waals surface area contributed by atoms with Crippen LogP contribution in [0.3, 0.4) is 0 Å². The van der Waals surface area contributed by atoms with E-state index in [1.807, 2.05) is 30.3 Å². The first-order chi connectivity index (χ1) is 15.6. The summed E-state index contributed by atoms with van der Waals surface area (Å²) < 4.78 is 11.2. The summed E-state index contributed by atoms with van der Waals surface area (Å²) in [4.78, 5) is 14.6. The number of carbonyl (C=O) groups is 1. The minimum atomic E-state index is -0.950. The minimum absolute atomic E-state index is 0.237. The Morgan fingerprint density at radius 3 is 2.19 bits per heavy atom. The fourth-order valence-corrected chi connectivity index (χ4v) is 3.60. The Morgan fingerprint density at radius 2 is 1.59 bits per heavy atom. The average molecular weight is 451 g/mol. The van der Waals surface area contributed by atoms with Gasteiger partial charge in [-0.1, -0.05) is 44.2 Å². The fourth-order valence-electron chi connectivity index (χ4n) is 3.60. The molecule has 0 aliphatic carbocycles. The number of benzene rings is 1. The Labute approximate surface area is 193 Å². The highest BCUT2D eigenvalue weighted by molar-refractivity contribution is 5.69. The Kier molecular flexibility index (Phi) is 13.5.